The average Bonchev–Trinajstić information content (AvgIpc) is 2.42. The fourth-order valence-electron chi connectivity index (χ4n) is 2.34. The first-order valence-corrected chi connectivity index (χ1v) is 6.64. The summed E-state index contributed by atoms with van der Waals surface area (Å²) in [4.78, 5) is 21.9. The van der Waals surface area contributed by atoms with Gasteiger partial charge in [0.15, 0.2) is 0 Å². The molecule has 0 heterocycles. The Labute approximate surface area is 116 Å². The predicted molar refractivity (Wildman–Crippen MR) is 75.5 cm³/mol. The molecular formula is C13H18N4O3. The number of rotatable bonds is 3. The van der Waals surface area contributed by atoms with Gasteiger partial charge in [0.25, 0.3) is 5.69 Å². The van der Waals surface area contributed by atoms with Crippen LogP contribution in [0, 0.1) is 10.1 Å². The standard InChI is InChI=1S/C13H18N4O3/c14-11-3-1-2-4-12(11)16-13(18)15-9-5-7-10(8-6-9)17(19)20/h5-8,11-12H,1-4,14H2,(H2,15,16,18)/t11-,12-/m1/s1. The number of hydrogen-bond acceptors (Lipinski definition) is 4. The van der Waals surface area contributed by atoms with Crippen molar-refractivity contribution >= 4 is 17.4 Å². The highest BCUT2D eigenvalue weighted by molar-refractivity contribution is 5.89. The van der Waals surface area contributed by atoms with E-state index >= 15 is 0 Å². The van der Waals surface area contributed by atoms with Crippen LogP contribution in [0.4, 0.5) is 16.2 Å². The first-order chi connectivity index (χ1) is 9.56. The number of urea groups is 1. The lowest BCUT2D eigenvalue weighted by molar-refractivity contribution is -0.384. The van der Waals surface area contributed by atoms with Gasteiger partial charge in [0.05, 0.1) is 4.92 Å². The normalized spacial score (nSPS) is 22.1. The van der Waals surface area contributed by atoms with E-state index < -0.39 is 4.92 Å². The molecular weight excluding hydrogens is 260 g/mol. The van der Waals surface area contributed by atoms with Crippen LogP contribution in [0.1, 0.15) is 25.7 Å². The molecule has 2 rings (SSSR count). The Hall–Kier alpha value is -2.15. The Bertz CT molecular complexity index is 489. The van der Waals surface area contributed by atoms with Gasteiger partial charge in [-0.3, -0.25) is 10.1 Å². The number of carbonyl (C=O) groups is 1. The molecule has 2 amide bonds. The van der Waals surface area contributed by atoms with Gasteiger partial charge in [-0.25, -0.2) is 4.79 Å². The van der Waals surface area contributed by atoms with Crippen molar-refractivity contribution in [1.82, 2.24) is 5.32 Å². The Morgan fingerprint density at radius 2 is 1.90 bits per heavy atom. The molecule has 1 aromatic rings. The van der Waals surface area contributed by atoms with E-state index in [1.807, 2.05) is 0 Å². The maximum Gasteiger partial charge on any atom is 0.319 e. The third-order valence-electron chi connectivity index (χ3n) is 3.47. The van der Waals surface area contributed by atoms with Crippen LogP contribution in [0.15, 0.2) is 24.3 Å². The molecule has 0 bridgehead atoms. The molecule has 1 saturated carbocycles. The highest BCUT2D eigenvalue weighted by atomic mass is 16.6. The van der Waals surface area contributed by atoms with E-state index in [9.17, 15) is 14.9 Å². The molecule has 1 aromatic carbocycles. The van der Waals surface area contributed by atoms with Crippen LogP contribution in [0.5, 0.6) is 0 Å². The van der Waals surface area contributed by atoms with E-state index in [4.69, 9.17) is 5.73 Å². The quantitative estimate of drug-likeness (QED) is 0.580. The number of non-ortho nitro benzene ring substituents is 1. The third-order valence-corrected chi connectivity index (χ3v) is 3.47. The van der Waals surface area contributed by atoms with Crippen LogP contribution in [0.25, 0.3) is 0 Å². The van der Waals surface area contributed by atoms with Crippen LogP contribution in [0.3, 0.4) is 0 Å². The van der Waals surface area contributed by atoms with Crippen LogP contribution in [0.2, 0.25) is 0 Å². The Morgan fingerprint density at radius 3 is 2.50 bits per heavy atom. The summed E-state index contributed by atoms with van der Waals surface area (Å²) >= 11 is 0. The van der Waals surface area contributed by atoms with Crippen molar-refractivity contribution in [1.29, 1.82) is 0 Å². The van der Waals surface area contributed by atoms with Gasteiger partial charge in [-0.1, -0.05) is 12.8 Å². The minimum atomic E-state index is -0.481. The third kappa shape index (κ3) is 3.67. The molecule has 1 fully saturated rings. The van der Waals surface area contributed by atoms with E-state index in [1.54, 1.807) is 0 Å². The summed E-state index contributed by atoms with van der Waals surface area (Å²) in [7, 11) is 0. The minimum Gasteiger partial charge on any atom is -0.334 e. The van der Waals surface area contributed by atoms with Crippen molar-refractivity contribution in [2.75, 3.05) is 5.32 Å². The van der Waals surface area contributed by atoms with E-state index in [-0.39, 0.29) is 23.8 Å². The van der Waals surface area contributed by atoms with Crippen molar-refractivity contribution in [2.24, 2.45) is 5.73 Å². The van der Waals surface area contributed by atoms with Gasteiger partial charge in [-0.15, -0.1) is 0 Å². The monoisotopic (exact) mass is 278 g/mol. The second-order valence-corrected chi connectivity index (χ2v) is 4.96. The maximum atomic E-state index is 11.8. The number of anilines is 1. The summed E-state index contributed by atoms with van der Waals surface area (Å²) in [5, 5.41) is 16.0. The summed E-state index contributed by atoms with van der Waals surface area (Å²) in [6.45, 7) is 0. The predicted octanol–water partition coefficient (Wildman–Crippen LogP) is 1.99. The van der Waals surface area contributed by atoms with Gasteiger partial charge in [0.2, 0.25) is 0 Å². The van der Waals surface area contributed by atoms with Gasteiger partial charge < -0.3 is 16.4 Å². The van der Waals surface area contributed by atoms with E-state index in [0.717, 1.165) is 25.7 Å². The first kappa shape index (κ1) is 14.3. The number of nitro groups is 1. The van der Waals surface area contributed by atoms with Crippen molar-refractivity contribution in [3.63, 3.8) is 0 Å². The topological polar surface area (TPSA) is 110 Å². The molecule has 1 aliphatic carbocycles. The molecule has 4 N–H and O–H groups in total. The SMILES string of the molecule is N[C@@H]1CCCC[C@H]1NC(=O)Nc1ccc([N+](=O)[O-])cc1. The molecule has 0 saturated heterocycles. The number of hydrogen-bond donors (Lipinski definition) is 3. The van der Waals surface area contributed by atoms with Gasteiger partial charge in [0.1, 0.15) is 0 Å². The highest BCUT2D eigenvalue weighted by Gasteiger charge is 2.23. The number of nitrogens with zero attached hydrogens (tertiary/aromatic N) is 1. The van der Waals surface area contributed by atoms with Crippen molar-refractivity contribution in [3.8, 4) is 0 Å². The lowest BCUT2D eigenvalue weighted by atomic mass is 9.91. The zero-order chi connectivity index (χ0) is 14.5. The second kappa shape index (κ2) is 6.33. The largest absolute Gasteiger partial charge is 0.334 e. The van der Waals surface area contributed by atoms with Gasteiger partial charge in [-0.2, -0.15) is 0 Å². The van der Waals surface area contributed by atoms with Crippen molar-refractivity contribution in [2.45, 2.75) is 37.8 Å². The summed E-state index contributed by atoms with van der Waals surface area (Å²) in [6.07, 6.45) is 3.97. The number of amides is 2. The Kier molecular flexibility index (Phi) is 4.52. The van der Waals surface area contributed by atoms with Crippen molar-refractivity contribution < 1.29 is 9.72 Å². The summed E-state index contributed by atoms with van der Waals surface area (Å²) in [5.41, 5.74) is 6.46. The smallest absolute Gasteiger partial charge is 0.319 e. The van der Waals surface area contributed by atoms with E-state index in [1.165, 1.54) is 24.3 Å². The molecule has 0 aliphatic heterocycles. The Balaban J connectivity index is 1.89. The molecule has 7 heteroatoms. The van der Waals surface area contributed by atoms with E-state index in [2.05, 4.69) is 10.6 Å². The van der Waals surface area contributed by atoms with Crippen molar-refractivity contribution in [3.05, 3.63) is 34.4 Å². The number of nitro benzene ring substituents is 1. The zero-order valence-corrected chi connectivity index (χ0v) is 11.0. The van der Waals surface area contributed by atoms with Crippen LogP contribution in [-0.2, 0) is 0 Å². The van der Waals surface area contributed by atoms with Gasteiger partial charge >= 0.3 is 6.03 Å². The fourth-order valence-corrected chi connectivity index (χ4v) is 2.34. The van der Waals surface area contributed by atoms with Crippen LogP contribution in [-0.4, -0.2) is 23.0 Å². The summed E-state index contributed by atoms with van der Waals surface area (Å²) in [6, 6.07) is 5.34. The van der Waals surface area contributed by atoms with Crippen LogP contribution < -0.4 is 16.4 Å². The second-order valence-electron chi connectivity index (χ2n) is 4.96. The molecule has 0 radical (unpaired) electrons. The number of benzene rings is 1. The molecule has 0 unspecified atom stereocenters. The molecule has 20 heavy (non-hydrogen) atoms. The number of nitrogens with one attached hydrogen (secondary N) is 2. The highest BCUT2D eigenvalue weighted by Crippen LogP contribution is 2.18. The lowest BCUT2D eigenvalue weighted by Gasteiger charge is -2.29. The first-order valence-electron chi connectivity index (χ1n) is 6.64. The summed E-state index contributed by atoms with van der Waals surface area (Å²) < 4.78 is 0. The average molecular weight is 278 g/mol. The van der Waals surface area contributed by atoms with Gasteiger partial charge in [-0.05, 0) is 25.0 Å². The number of nitrogens with two attached hydrogens (primary N) is 1. The Morgan fingerprint density at radius 1 is 1.25 bits per heavy atom. The molecule has 108 valence electrons. The fraction of sp³-hybridized carbons (Fsp3) is 0.462. The molecule has 7 nitrogen and oxygen atoms in total. The van der Waals surface area contributed by atoms with Crippen LogP contribution >= 0.6 is 0 Å². The molecule has 2 atom stereocenters. The minimum absolute atomic E-state index is 0.00800. The molecule has 0 spiro atoms. The lowest BCUT2D eigenvalue weighted by Crippen LogP contribution is -2.50. The molecule has 1 aliphatic rings. The maximum absolute atomic E-state index is 11.8. The number of carbonyl (C=O) groups excluding carboxylic acids is 1. The zero-order valence-electron chi connectivity index (χ0n) is 11.0. The van der Waals surface area contributed by atoms with E-state index in [0.29, 0.717) is 5.69 Å². The van der Waals surface area contributed by atoms with Gasteiger partial charge in [0, 0.05) is 29.9 Å². The molecule has 0 aromatic heterocycles. The summed E-state index contributed by atoms with van der Waals surface area (Å²) in [5.74, 6) is 0.